The Morgan fingerprint density at radius 3 is 2.47 bits per heavy atom. The van der Waals surface area contributed by atoms with Crippen LogP contribution in [0.25, 0.3) is 6.08 Å². The zero-order chi connectivity index (χ0) is 23.1. The normalized spacial score (nSPS) is 15.3. The van der Waals surface area contributed by atoms with Crippen molar-refractivity contribution in [3.63, 3.8) is 0 Å². The molecule has 0 aliphatic carbocycles. The molecule has 0 bridgehead atoms. The van der Waals surface area contributed by atoms with E-state index >= 15 is 0 Å². The lowest BCUT2D eigenvalue weighted by Crippen LogP contribution is -2.29. The number of hydrogen-bond acceptors (Lipinski definition) is 5. The van der Waals surface area contributed by atoms with Crippen LogP contribution in [0.5, 0.6) is 0 Å². The quantitative estimate of drug-likeness (QED) is 0.423. The van der Waals surface area contributed by atoms with Gasteiger partial charge in [0.1, 0.15) is 4.32 Å². The second-order valence-electron chi connectivity index (χ2n) is 7.17. The van der Waals surface area contributed by atoms with Crippen LogP contribution in [-0.2, 0) is 9.59 Å². The molecule has 0 atom stereocenters. The summed E-state index contributed by atoms with van der Waals surface area (Å²) in [6.45, 7) is 2.29. The molecule has 0 spiro atoms. The summed E-state index contributed by atoms with van der Waals surface area (Å²) in [7, 11) is 0. The maximum Gasteiger partial charge on any atom is 0.335 e. The van der Waals surface area contributed by atoms with E-state index in [0.717, 1.165) is 11.1 Å². The third kappa shape index (κ3) is 6.38. The fourth-order valence-corrected chi connectivity index (χ4v) is 4.43. The lowest BCUT2D eigenvalue weighted by atomic mass is 10.1. The number of amides is 2. The van der Waals surface area contributed by atoms with Gasteiger partial charge in [0.15, 0.2) is 0 Å². The summed E-state index contributed by atoms with van der Waals surface area (Å²) >= 11 is 6.62. The predicted octanol–water partition coefficient (Wildman–Crippen LogP) is 4.95. The summed E-state index contributed by atoms with van der Waals surface area (Å²) in [5, 5.41) is 11.6. The number of benzene rings is 2. The Kier molecular flexibility index (Phi) is 7.97. The second kappa shape index (κ2) is 10.9. The van der Waals surface area contributed by atoms with E-state index in [-0.39, 0.29) is 23.8 Å². The molecule has 1 saturated heterocycles. The van der Waals surface area contributed by atoms with Crippen LogP contribution in [0, 0.1) is 0 Å². The Balaban J connectivity index is 1.51. The van der Waals surface area contributed by atoms with Gasteiger partial charge in [0, 0.05) is 18.7 Å². The van der Waals surface area contributed by atoms with Crippen LogP contribution in [0.4, 0.5) is 5.69 Å². The summed E-state index contributed by atoms with van der Waals surface area (Å²) in [5.41, 5.74) is 2.68. The van der Waals surface area contributed by atoms with E-state index in [9.17, 15) is 14.4 Å². The molecule has 2 N–H and O–H groups in total. The first-order valence-corrected chi connectivity index (χ1v) is 11.2. The van der Waals surface area contributed by atoms with Crippen molar-refractivity contribution in [2.24, 2.45) is 0 Å². The maximum absolute atomic E-state index is 12.7. The minimum Gasteiger partial charge on any atom is -0.478 e. The SMILES string of the molecule is CC(=Cc1ccccc1)C=C1SC(=S)N(CCCC(=O)Nc2ccc(C(=O)O)cc2)C1=O. The number of allylic oxidation sites excluding steroid dienone is 2. The lowest BCUT2D eigenvalue weighted by Gasteiger charge is -2.14. The van der Waals surface area contributed by atoms with E-state index < -0.39 is 5.97 Å². The van der Waals surface area contributed by atoms with Crippen molar-refractivity contribution in [1.82, 2.24) is 4.90 Å². The number of carbonyl (C=O) groups is 3. The maximum atomic E-state index is 12.7. The van der Waals surface area contributed by atoms with Crippen LogP contribution in [0.1, 0.15) is 35.7 Å². The second-order valence-corrected chi connectivity index (χ2v) is 8.84. The highest BCUT2D eigenvalue weighted by atomic mass is 32.2. The molecular weight excluding hydrogens is 444 g/mol. The van der Waals surface area contributed by atoms with E-state index in [4.69, 9.17) is 17.3 Å². The molecule has 32 heavy (non-hydrogen) atoms. The Morgan fingerprint density at radius 1 is 1.12 bits per heavy atom. The van der Waals surface area contributed by atoms with Gasteiger partial charge in [-0.15, -0.1) is 0 Å². The molecule has 1 aliphatic heterocycles. The van der Waals surface area contributed by atoms with Crippen LogP contribution in [-0.4, -0.2) is 38.7 Å². The number of hydrogen-bond donors (Lipinski definition) is 2. The van der Waals surface area contributed by atoms with E-state index in [2.05, 4.69) is 5.32 Å². The molecule has 1 fully saturated rings. The molecular formula is C24H22N2O4S2. The van der Waals surface area contributed by atoms with E-state index in [1.165, 1.54) is 28.8 Å². The van der Waals surface area contributed by atoms with Crippen molar-refractivity contribution in [3.05, 3.63) is 82.3 Å². The van der Waals surface area contributed by atoms with Crippen molar-refractivity contribution in [3.8, 4) is 0 Å². The van der Waals surface area contributed by atoms with Crippen molar-refractivity contribution >= 4 is 57.8 Å². The van der Waals surface area contributed by atoms with Crippen molar-refractivity contribution in [2.75, 3.05) is 11.9 Å². The van der Waals surface area contributed by atoms with Crippen LogP contribution in [0.3, 0.4) is 0 Å². The van der Waals surface area contributed by atoms with E-state index in [1.807, 2.05) is 49.4 Å². The Morgan fingerprint density at radius 2 is 1.81 bits per heavy atom. The summed E-state index contributed by atoms with van der Waals surface area (Å²) in [6.07, 6.45) is 4.50. The van der Waals surface area contributed by atoms with Crippen molar-refractivity contribution in [2.45, 2.75) is 19.8 Å². The third-order valence-electron chi connectivity index (χ3n) is 4.63. The Bertz CT molecular complexity index is 1090. The van der Waals surface area contributed by atoms with Crippen LogP contribution < -0.4 is 5.32 Å². The number of carbonyl (C=O) groups excluding carboxylic acids is 2. The van der Waals surface area contributed by atoms with Gasteiger partial charge in [0.05, 0.1) is 10.5 Å². The number of nitrogens with one attached hydrogen (secondary N) is 1. The standard InChI is InChI=1S/C24H22N2O4S2/c1-16(14-17-6-3-2-4-7-17)15-20-22(28)26(24(31)32-20)13-5-8-21(27)25-19-11-9-18(10-12-19)23(29)30/h2-4,6-7,9-12,14-15H,5,8,13H2,1H3,(H,25,27)(H,29,30). The molecule has 164 valence electrons. The molecule has 0 unspecified atom stereocenters. The van der Waals surface area contributed by atoms with E-state index in [0.29, 0.717) is 27.9 Å². The minimum absolute atomic E-state index is 0.148. The highest BCUT2D eigenvalue weighted by molar-refractivity contribution is 8.26. The summed E-state index contributed by atoms with van der Waals surface area (Å²) in [6, 6.07) is 15.8. The fourth-order valence-electron chi connectivity index (χ4n) is 3.07. The number of aromatic carboxylic acids is 1. The van der Waals surface area contributed by atoms with Crippen molar-refractivity contribution < 1.29 is 19.5 Å². The summed E-state index contributed by atoms with van der Waals surface area (Å²) in [5.74, 6) is -1.38. The molecule has 0 radical (unpaired) electrons. The monoisotopic (exact) mass is 466 g/mol. The van der Waals surface area contributed by atoms with Gasteiger partial charge in [-0.2, -0.15) is 0 Å². The van der Waals surface area contributed by atoms with Gasteiger partial charge >= 0.3 is 5.97 Å². The molecule has 0 aromatic heterocycles. The van der Waals surface area contributed by atoms with Gasteiger partial charge < -0.3 is 10.4 Å². The molecule has 1 aliphatic rings. The zero-order valence-corrected chi connectivity index (χ0v) is 19.0. The van der Waals surface area contributed by atoms with Crippen molar-refractivity contribution in [1.29, 1.82) is 0 Å². The van der Waals surface area contributed by atoms with Gasteiger partial charge in [-0.1, -0.05) is 60.4 Å². The number of thioether (sulfide) groups is 1. The minimum atomic E-state index is -1.02. The Labute approximate surface area is 196 Å². The topological polar surface area (TPSA) is 86.7 Å². The molecule has 8 heteroatoms. The zero-order valence-electron chi connectivity index (χ0n) is 17.4. The van der Waals surface area contributed by atoms with Gasteiger partial charge in [0.2, 0.25) is 5.91 Å². The van der Waals surface area contributed by atoms with Gasteiger partial charge in [-0.05, 0) is 54.8 Å². The van der Waals surface area contributed by atoms with Crippen LogP contribution in [0.2, 0.25) is 0 Å². The highest BCUT2D eigenvalue weighted by Crippen LogP contribution is 2.32. The first-order chi connectivity index (χ1) is 15.3. The third-order valence-corrected chi connectivity index (χ3v) is 6.01. The number of carboxylic acid groups (broad SMARTS) is 1. The number of thiocarbonyl (C=S) groups is 1. The average Bonchev–Trinajstić information content (AvgIpc) is 3.02. The first-order valence-electron chi connectivity index (χ1n) is 9.95. The summed E-state index contributed by atoms with van der Waals surface area (Å²) in [4.78, 5) is 37.9. The average molecular weight is 467 g/mol. The number of rotatable bonds is 8. The molecule has 6 nitrogen and oxygen atoms in total. The van der Waals surface area contributed by atoms with Crippen LogP contribution >= 0.6 is 24.0 Å². The molecule has 2 amide bonds. The fraction of sp³-hybridized carbons (Fsp3) is 0.167. The number of nitrogens with zero attached hydrogens (tertiary/aromatic N) is 1. The van der Waals surface area contributed by atoms with E-state index in [1.54, 1.807) is 12.1 Å². The number of carboxylic acids is 1. The van der Waals surface area contributed by atoms with Gasteiger partial charge in [0.25, 0.3) is 5.91 Å². The highest BCUT2D eigenvalue weighted by Gasteiger charge is 2.31. The van der Waals surface area contributed by atoms with Gasteiger partial charge in [-0.25, -0.2) is 4.79 Å². The predicted molar refractivity (Wildman–Crippen MR) is 131 cm³/mol. The lowest BCUT2D eigenvalue weighted by molar-refractivity contribution is -0.122. The Hall–Kier alpha value is -3.23. The molecule has 0 saturated carbocycles. The molecule has 2 aromatic carbocycles. The number of anilines is 1. The summed E-state index contributed by atoms with van der Waals surface area (Å²) < 4.78 is 0.485. The smallest absolute Gasteiger partial charge is 0.335 e. The first kappa shape index (κ1) is 23.4. The van der Waals surface area contributed by atoms with Crippen LogP contribution in [0.15, 0.2) is 71.2 Å². The molecule has 1 heterocycles. The molecule has 3 rings (SSSR count). The largest absolute Gasteiger partial charge is 0.478 e. The molecule has 2 aromatic rings. The van der Waals surface area contributed by atoms with Gasteiger partial charge in [-0.3, -0.25) is 14.5 Å².